The van der Waals surface area contributed by atoms with Gasteiger partial charge in [0.05, 0.1) is 31.3 Å². The second-order valence-electron chi connectivity index (χ2n) is 3.91. The molecule has 0 fully saturated rings. The second kappa shape index (κ2) is 5.48. The summed E-state index contributed by atoms with van der Waals surface area (Å²) >= 11 is 0. The minimum atomic E-state index is 0.230. The van der Waals surface area contributed by atoms with Crippen LogP contribution in [0.1, 0.15) is 6.92 Å². The Labute approximate surface area is 111 Å². The lowest BCUT2D eigenvalue weighted by molar-refractivity contribution is 0.355. The first-order valence-electron chi connectivity index (χ1n) is 5.98. The smallest absolute Gasteiger partial charge is 0.204 e. The molecule has 0 aliphatic carbocycles. The number of hydrogen-bond donors (Lipinski definition) is 1. The Hall–Kier alpha value is -2.42. The van der Waals surface area contributed by atoms with Gasteiger partial charge < -0.3 is 14.8 Å². The lowest BCUT2D eigenvalue weighted by atomic mass is 10.2. The zero-order chi connectivity index (χ0) is 13.8. The fourth-order valence-corrected chi connectivity index (χ4v) is 1.98. The fourth-order valence-electron chi connectivity index (χ4n) is 1.98. The van der Waals surface area contributed by atoms with Gasteiger partial charge in [0.15, 0.2) is 11.5 Å². The van der Waals surface area contributed by atoms with Crippen molar-refractivity contribution in [1.82, 2.24) is 9.55 Å². The molecule has 0 radical (unpaired) electrons. The first kappa shape index (κ1) is 13.0. The summed E-state index contributed by atoms with van der Waals surface area (Å²) in [6, 6.07) is 5.78. The number of benzene rings is 1. The van der Waals surface area contributed by atoms with E-state index >= 15 is 0 Å². The highest BCUT2D eigenvalue weighted by Gasteiger charge is 2.14. The topological polar surface area (TPSA) is 72.1 Å². The van der Waals surface area contributed by atoms with Crippen LogP contribution in [0.25, 0.3) is 11.0 Å². The molecular weight excluding hydrogens is 244 g/mol. The van der Waals surface area contributed by atoms with E-state index in [1.165, 1.54) is 0 Å². The molecule has 1 heterocycles. The molecule has 0 aliphatic rings. The van der Waals surface area contributed by atoms with E-state index in [1.807, 2.05) is 23.6 Å². The maximum absolute atomic E-state index is 8.94. The van der Waals surface area contributed by atoms with Gasteiger partial charge in [0.2, 0.25) is 5.95 Å². The zero-order valence-corrected chi connectivity index (χ0v) is 11.2. The molecule has 1 aromatic heterocycles. The van der Waals surface area contributed by atoms with Crippen LogP contribution in [0.4, 0.5) is 5.95 Å². The molecule has 0 bridgehead atoms. The zero-order valence-electron chi connectivity index (χ0n) is 11.2. The van der Waals surface area contributed by atoms with E-state index in [4.69, 9.17) is 14.7 Å². The highest BCUT2D eigenvalue weighted by molar-refractivity contribution is 5.83. The average molecular weight is 260 g/mol. The van der Waals surface area contributed by atoms with Crippen molar-refractivity contribution in [3.63, 3.8) is 0 Å². The molecule has 0 atom stereocenters. The normalized spacial score (nSPS) is 10.2. The summed E-state index contributed by atoms with van der Waals surface area (Å²) < 4.78 is 12.4. The summed E-state index contributed by atoms with van der Waals surface area (Å²) in [5, 5.41) is 12.1. The van der Waals surface area contributed by atoms with Crippen molar-refractivity contribution in [3.05, 3.63) is 12.1 Å². The Morgan fingerprint density at radius 2 is 2.00 bits per heavy atom. The van der Waals surface area contributed by atoms with Gasteiger partial charge in [-0.2, -0.15) is 5.26 Å². The molecule has 6 nitrogen and oxygen atoms in total. The summed E-state index contributed by atoms with van der Waals surface area (Å²) in [4.78, 5) is 4.47. The van der Waals surface area contributed by atoms with Gasteiger partial charge in [0, 0.05) is 18.7 Å². The first-order chi connectivity index (χ1) is 9.24. The first-order valence-corrected chi connectivity index (χ1v) is 5.98. The Bertz CT molecular complexity index is 628. The molecule has 2 rings (SSSR count). The number of fused-ring (bicyclic) bond motifs is 1. The molecule has 0 amide bonds. The molecule has 2 aromatic rings. The van der Waals surface area contributed by atoms with Crippen LogP contribution < -0.4 is 14.8 Å². The third-order valence-corrected chi connectivity index (χ3v) is 2.82. The van der Waals surface area contributed by atoms with Crippen molar-refractivity contribution < 1.29 is 9.47 Å². The van der Waals surface area contributed by atoms with E-state index in [-0.39, 0.29) is 6.54 Å². The Balaban J connectivity index is 2.66. The highest BCUT2D eigenvalue weighted by Crippen LogP contribution is 2.33. The largest absolute Gasteiger partial charge is 0.493 e. The summed E-state index contributed by atoms with van der Waals surface area (Å²) in [6.07, 6.45) is 0. The van der Waals surface area contributed by atoms with E-state index in [9.17, 15) is 0 Å². The van der Waals surface area contributed by atoms with Crippen LogP contribution in [0.15, 0.2) is 12.1 Å². The number of hydrogen-bond acceptors (Lipinski definition) is 5. The van der Waals surface area contributed by atoms with Crippen LogP contribution in [0.3, 0.4) is 0 Å². The molecule has 0 saturated carbocycles. The Morgan fingerprint density at radius 3 is 2.58 bits per heavy atom. The third kappa shape index (κ3) is 2.27. The van der Waals surface area contributed by atoms with E-state index in [0.29, 0.717) is 17.4 Å². The van der Waals surface area contributed by atoms with Gasteiger partial charge in [-0.1, -0.05) is 0 Å². The standard InChI is InChI=1S/C13H16N4O2/c1-4-15-13-16-9-7-11(18-2)12(19-3)8-10(9)17(13)6-5-14/h7-8H,4,6H2,1-3H3,(H,15,16). The van der Waals surface area contributed by atoms with Crippen molar-refractivity contribution in [3.8, 4) is 17.6 Å². The number of aromatic nitrogens is 2. The van der Waals surface area contributed by atoms with Gasteiger partial charge in [-0.05, 0) is 6.92 Å². The molecule has 100 valence electrons. The maximum Gasteiger partial charge on any atom is 0.204 e. The number of nitrogens with one attached hydrogen (secondary N) is 1. The summed E-state index contributed by atoms with van der Waals surface area (Å²) in [5.41, 5.74) is 1.61. The number of methoxy groups -OCH3 is 2. The molecule has 0 saturated heterocycles. The van der Waals surface area contributed by atoms with E-state index in [1.54, 1.807) is 14.2 Å². The Kier molecular flexibility index (Phi) is 3.76. The predicted molar refractivity (Wildman–Crippen MR) is 72.6 cm³/mol. The van der Waals surface area contributed by atoms with Crippen LogP contribution in [0.5, 0.6) is 11.5 Å². The molecule has 6 heteroatoms. The SMILES string of the molecule is CCNc1nc2cc(OC)c(OC)cc2n1CC#N. The number of nitrogens with zero attached hydrogens (tertiary/aromatic N) is 3. The van der Waals surface area contributed by atoms with Gasteiger partial charge in [-0.25, -0.2) is 4.98 Å². The van der Waals surface area contributed by atoms with Crippen LogP contribution in [-0.4, -0.2) is 30.3 Å². The van der Waals surface area contributed by atoms with Crippen LogP contribution >= 0.6 is 0 Å². The van der Waals surface area contributed by atoms with Crippen molar-refractivity contribution in [2.24, 2.45) is 0 Å². The van der Waals surface area contributed by atoms with Gasteiger partial charge in [-0.3, -0.25) is 4.57 Å². The van der Waals surface area contributed by atoms with Gasteiger partial charge in [-0.15, -0.1) is 0 Å². The van der Waals surface area contributed by atoms with E-state index in [2.05, 4.69) is 16.4 Å². The van der Waals surface area contributed by atoms with E-state index in [0.717, 1.165) is 17.6 Å². The minimum Gasteiger partial charge on any atom is -0.493 e. The molecule has 0 unspecified atom stereocenters. The third-order valence-electron chi connectivity index (χ3n) is 2.82. The average Bonchev–Trinajstić information content (AvgIpc) is 2.75. The van der Waals surface area contributed by atoms with Gasteiger partial charge >= 0.3 is 0 Å². The summed E-state index contributed by atoms with van der Waals surface area (Å²) in [5.74, 6) is 1.92. The van der Waals surface area contributed by atoms with Gasteiger partial charge in [0.25, 0.3) is 0 Å². The summed E-state index contributed by atoms with van der Waals surface area (Å²) in [7, 11) is 3.17. The number of anilines is 1. The van der Waals surface area contributed by atoms with Crippen molar-refractivity contribution in [2.75, 3.05) is 26.1 Å². The molecule has 19 heavy (non-hydrogen) atoms. The molecule has 0 aliphatic heterocycles. The quantitative estimate of drug-likeness (QED) is 0.890. The number of imidazole rings is 1. The second-order valence-corrected chi connectivity index (χ2v) is 3.91. The fraction of sp³-hybridized carbons (Fsp3) is 0.385. The molecular formula is C13H16N4O2. The number of ether oxygens (including phenoxy) is 2. The van der Waals surface area contributed by atoms with E-state index < -0.39 is 0 Å². The number of rotatable bonds is 5. The van der Waals surface area contributed by atoms with Crippen molar-refractivity contribution >= 4 is 17.0 Å². The Morgan fingerprint density at radius 1 is 1.32 bits per heavy atom. The lowest BCUT2D eigenvalue weighted by Crippen LogP contribution is -2.06. The van der Waals surface area contributed by atoms with Crippen LogP contribution in [-0.2, 0) is 6.54 Å². The minimum absolute atomic E-state index is 0.230. The maximum atomic E-state index is 8.94. The van der Waals surface area contributed by atoms with Gasteiger partial charge in [0.1, 0.15) is 6.54 Å². The van der Waals surface area contributed by atoms with Crippen LogP contribution in [0.2, 0.25) is 0 Å². The highest BCUT2D eigenvalue weighted by atomic mass is 16.5. The van der Waals surface area contributed by atoms with Crippen LogP contribution in [0, 0.1) is 11.3 Å². The molecule has 1 aromatic carbocycles. The monoisotopic (exact) mass is 260 g/mol. The van der Waals surface area contributed by atoms with Crippen molar-refractivity contribution in [1.29, 1.82) is 5.26 Å². The lowest BCUT2D eigenvalue weighted by Gasteiger charge is -2.08. The van der Waals surface area contributed by atoms with Crippen molar-refractivity contribution in [2.45, 2.75) is 13.5 Å². The predicted octanol–water partition coefficient (Wildman–Crippen LogP) is 2.01. The molecule has 1 N–H and O–H groups in total. The molecule has 0 spiro atoms. The number of nitriles is 1. The summed E-state index contributed by atoms with van der Waals surface area (Å²) in [6.45, 7) is 2.95.